The molecule has 1 aromatic heterocycles. The monoisotopic (exact) mass is 271 g/mol. The van der Waals surface area contributed by atoms with Crippen LogP contribution in [-0.2, 0) is 6.42 Å². The first-order chi connectivity index (χ1) is 8.61. The van der Waals surface area contributed by atoms with Gasteiger partial charge in [-0.1, -0.05) is 0 Å². The van der Waals surface area contributed by atoms with E-state index in [1.54, 1.807) is 18.4 Å². The molecule has 1 atom stereocenters. The minimum absolute atomic E-state index is 0.246. The molecule has 96 valence electrons. The van der Waals surface area contributed by atoms with Gasteiger partial charge in [-0.05, 0) is 53.6 Å². The number of rotatable bonds is 4. The highest BCUT2D eigenvalue weighted by atomic mass is 32.1. The first-order valence-corrected chi connectivity index (χ1v) is 6.39. The average Bonchev–Trinajstić information content (AvgIpc) is 2.85. The van der Waals surface area contributed by atoms with Gasteiger partial charge in [0.2, 0.25) is 0 Å². The molecular formula is C13H12F3NS. The molecule has 0 saturated heterocycles. The first kappa shape index (κ1) is 13.1. The van der Waals surface area contributed by atoms with Crippen molar-refractivity contribution in [3.63, 3.8) is 0 Å². The Morgan fingerprint density at radius 3 is 2.39 bits per heavy atom. The highest BCUT2D eigenvalue weighted by molar-refractivity contribution is 7.07. The van der Waals surface area contributed by atoms with Gasteiger partial charge >= 0.3 is 0 Å². The predicted molar refractivity (Wildman–Crippen MR) is 66.1 cm³/mol. The minimum atomic E-state index is -1.43. The SMILES string of the molecule is CNC(Cc1ccsc1)c1cc(F)c(F)c(F)c1. The fourth-order valence-corrected chi connectivity index (χ4v) is 2.49. The van der Waals surface area contributed by atoms with Crippen molar-refractivity contribution in [2.24, 2.45) is 0 Å². The summed E-state index contributed by atoms with van der Waals surface area (Å²) in [6.07, 6.45) is 0.602. The second-order valence-electron chi connectivity index (χ2n) is 3.98. The number of halogens is 3. The molecule has 5 heteroatoms. The van der Waals surface area contributed by atoms with Gasteiger partial charge in [0.05, 0.1) is 0 Å². The molecule has 0 saturated carbocycles. The van der Waals surface area contributed by atoms with E-state index in [1.807, 2.05) is 16.8 Å². The standard InChI is InChI=1S/C13H12F3NS/c1-17-12(4-8-2-3-18-7-8)9-5-10(14)13(16)11(15)6-9/h2-3,5-7,12,17H,4H2,1H3. The van der Waals surface area contributed by atoms with E-state index >= 15 is 0 Å². The van der Waals surface area contributed by atoms with Gasteiger partial charge in [-0.25, -0.2) is 13.2 Å². The molecule has 1 nitrogen and oxygen atoms in total. The Morgan fingerprint density at radius 1 is 1.22 bits per heavy atom. The van der Waals surface area contributed by atoms with Crippen molar-refractivity contribution in [2.45, 2.75) is 12.5 Å². The topological polar surface area (TPSA) is 12.0 Å². The zero-order valence-electron chi connectivity index (χ0n) is 9.71. The van der Waals surface area contributed by atoms with Crippen molar-refractivity contribution in [1.29, 1.82) is 0 Å². The molecule has 18 heavy (non-hydrogen) atoms. The number of nitrogens with one attached hydrogen (secondary N) is 1. The van der Waals surface area contributed by atoms with Gasteiger partial charge in [0.1, 0.15) is 0 Å². The van der Waals surface area contributed by atoms with Gasteiger partial charge in [-0.3, -0.25) is 0 Å². The molecular weight excluding hydrogens is 259 g/mol. The van der Waals surface area contributed by atoms with E-state index in [1.165, 1.54) is 0 Å². The summed E-state index contributed by atoms with van der Waals surface area (Å²) >= 11 is 1.56. The van der Waals surface area contributed by atoms with E-state index in [4.69, 9.17) is 0 Å². The molecule has 0 aliphatic heterocycles. The van der Waals surface area contributed by atoms with E-state index in [0.29, 0.717) is 12.0 Å². The van der Waals surface area contributed by atoms with Gasteiger partial charge in [0.25, 0.3) is 0 Å². The fraction of sp³-hybridized carbons (Fsp3) is 0.231. The first-order valence-electron chi connectivity index (χ1n) is 5.44. The third-order valence-corrected chi connectivity index (χ3v) is 3.51. The van der Waals surface area contributed by atoms with E-state index in [-0.39, 0.29) is 6.04 Å². The molecule has 0 aliphatic carbocycles. The second-order valence-corrected chi connectivity index (χ2v) is 4.76. The maximum absolute atomic E-state index is 13.2. The Balaban J connectivity index is 2.27. The normalized spacial score (nSPS) is 12.7. The van der Waals surface area contributed by atoms with E-state index < -0.39 is 17.5 Å². The molecule has 1 N–H and O–H groups in total. The predicted octanol–water partition coefficient (Wildman–Crippen LogP) is 3.67. The lowest BCUT2D eigenvalue weighted by Gasteiger charge is -2.16. The molecule has 1 unspecified atom stereocenters. The van der Waals surface area contributed by atoms with Crippen LogP contribution in [0.3, 0.4) is 0 Å². The van der Waals surface area contributed by atoms with Crippen molar-refractivity contribution in [1.82, 2.24) is 5.32 Å². The summed E-state index contributed by atoms with van der Waals surface area (Å²) in [5.74, 6) is -3.74. The molecule has 0 spiro atoms. The number of hydrogen-bond donors (Lipinski definition) is 1. The number of benzene rings is 1. The maximum atomic E-state index is 13.2. The Morgan fingerprint density at radius 2 is 1.89 bits per heavy atom. The van der Waals surface area contributed by atoms with Crippen LogP contribution in [0.5, 0.6) is 0 Å². The van der Waals surface area contributed by atoms with Gasteiger partial charge in [0, 0.05) is 6.04 Å². The Bertz CT molecular complexity index is 502. The summed E-state index contributed by atoms with van der Waals surface area (Å²) in [6, 6.07) is 3.77. The van der Waals surface area contributed by atoms with Crippen LogP contribution >= 0.6 is 11.3 Å². The minimum Gasteiger partial charge on any atom is -0.313 e. The number of likely N-dealkylation sites (N-methyl/N-ethyl adjacent to an activating group) is 1. The summed E-state index contributed by atoms with van der Waals surface area (Å²) in [4.78, 5) is 0. The van der Waals surface area contributed by atoms with Gasteiger partial charge < -0.3 is 5.32 Å². The van der Waals surface area contributed by atoms with E-state index in [9.17, 15) is 13.2 Å². The fourth-order valence-electron chi connectivity index (χ4n) is 1.81. The number of thiophene rings is 1. The zero-order chi connectivity index (χ0) is 13.1. The zero-order valence-corrected chi connectivity index (χ0v) is 10.5. The third-order valence-electron chi connectivity index (χ3n) is 2.78. The van der Waals surface area contributed by atoms with Crippen LogP contribution < -0.4 is 5.32 Å². The molecule has 0 fully saturated rings. The van der Waals surface area contributed by atoms with E-state index in [2.05, 4.69) is 5.32 Å². The summed E-state index contributed by atoms with van der Waals surface area (Å²) in [5.41, 5.74) is 1.48. The Kier molecular flexibility index (Phi) is 4.04. The highest BCUT2D eigenvalue weighted by Gasteiger charge is 2.16. The van der Waals surface area contributed by atoms with E-state index in [0.717, 1.165) is 17.7 Å². The lowest BCUT2D eigenvalue weighted by atomic mass is 10.0. The largest absolute Gasteiger partial charge is 0.313 e. The van der Waals surface area contributed by atoms with Crippen molar-refractivity contribution in [3.05, 3.63) is 57.5 Å². The lowest BCUT2D eigenvalue weighted by molar-refractivity contribution is 0.441. The molecule has 0 radical (unpaired) electrons. The molecule has 2 aromatic rings. The van der Waals surface area contributed by atoms with Gasteiger partial charge in [-0.15, -0.1) is 0 Å². The third kappa shape index (κ3) is 2.73. The van der Waals surface area contributed by atoms with Crippen molar-refractivity contribution in [3.8, 4) is 0 Å². The molecule has 1 heterocycles. The van der Waals surface area contributed by atoms with Crippen molar-refractivity contribution < 1.29 is 13.2 Å². The average molecular weight is 271 g/mol. The summed E-state index contributed by atoms with van der Waals surface area (Å²) < 4.78 is 39.2. The van der Waals surface area contributed by atoms with Gasteiger partial charge in [0.15, 0.2) is 17.5 Å². The van der Waals surface area contributed by atoms with Crippen LogP contribution in [0.2, 0.25) is 0 Å². The second kappa shape index (κ2) is 5.54. The van der Waals surface area contributed by atoms with Crippen LogP contribution in [0.4, 0.5) is 13.2 Å². The molecule has 0 bridgehead atoms. The van der Waals surface area contributed by atoms with Crippen LogP contribution in [0.1, 0.15) is 17.2 Å². The Labute approximate surface area is 107 Å². The Hall–Kier alpha value is -1.33. The summed E-state index contributed by atoms with van der Waals surface area (Å²) in [6.45, 7) is 0. The maximum Gasteiger partial charge on any atom is 0.194 e. The molecule has 0 amide bonds. The van der Waals surface area contributed by atoms with Gasteiger partial charge in [-0.2, -0.15) is 11.3 Å². The molecule has 1 aromatic carbocycles. The highest BCUT2D eigenvalue weighted by Crippen LogP contribution is 2.23. The molecule has 0 aliphatic rings. The van der Waals surface area contributed by atoms with Crippen LogP contribution in [0.15, 0.2) is 29.0 Å². The number of hydrogen-bond acceptors (Lipinski definition) is 2. The van der Waals surface area contributed by atoms with Crippen LogP contribution in [0.25, 0.3) is 0 Å². The van der Waals surface area contributed by atoms with Crippen LogP contribution in [-0.4, -0.2) is 7.05 Å². The smallest absolute Gasteiger partial charge is 0.194 e. The molecule has 2 rings (SSSR count). The quantitative estimate of drug-likeness (QED) is 0.837. The van der Waals surface area contributed by atoms with Crippen molar-refractivity contribution in [2.75, 3.05) is 7.05 Å². The lowest BCUT2D eigenvalue weighted by Crippen LogP contribution is -2.19. The van der Waals surface area contributed by atoms with Crippen molar-refractivity contribution >= 4 is 11.3 Å². The van der Waals surface area contributed by atoms with Crippen LogP contribution in [0, 0.1) is 17.5 Å². The summed E-state index contributed by atoms with van der Waals surface area (Å²) in [5, 5.41) is 6.89. The summed E-state index contributed by atoms with van der Waals surface area (Å²) in [7, 11) is 1.70.